The molecule has 1 heterocycles. The van der Waals surface area contributed by atoms with Gasteiger partial charge in [0, 0.05) is 12.0 Å². The maximum atomic E-state index is 12.3. The van der Waals surface area contributed by atoms with Gasteiger partial charge >= 0.3 is 0 Å². The van der Waals surface area contributed by atoms with E-state index in [-0.39, 0.29) is 5.78 Å². The van der Waals surface area contributed by atoms with Gasteiger partial charge in [-0.05, 0) is 30.3 Å². The van der Waals surface area contributed by atoms with E-state index in [0.29, 0.717) is 22.8 Å². The van der Waals surface area contributed by atoms with Crippen molar-refractivity contribution in [2.45, 2.75) is 13.3 Å². The van der Waals surface area contributed by atoms with Crippen LogP contribution >= 0.6 is 0 Å². The molecule has 0 radical (unpaired) electrons. The predicted molar refractivity (Wildman–Crippen MR) is 71.1 cm³/mol. The van der Waals surface area contributed by atoms with Gasteiger partial charge in [0.1, 0.15) is 5.76 Å². The average molecular weight is 260 g/mol. The fraction of sp³-hybridized carbons (Fsp3) is 0.267. The molecule has 0 saturated heterocycles. The van der Waals surface area contributed by atoms with Crippen LogP contribution in [0.15, 0.2) is 34.7 Å². The zero-order valence-corrected chi connectivity index (χ0v) is 11.2. The lowest BCUT2D eigenvalue weighted by molar-refractivity contribution is 0.101. The van der Waals surface area contributed by atoms with Crippen LogP contribution in [0.25, 0.3) is 0 Å². The van der Waals surface area contributed by atoms with Gasteiger partial charge in [-0.3, -0.25) is 4.79 Å². The number of methoxy groups -OCH3 is 2. The van der Waals surface area contributed by atoms with Crippen LogP contribution < -0.4 is 9.47 Å². The van der Waals surface area contributed by atoms with Gasteiger partial charge in [0.2, 0.25) is 5.78 Å². The monoisotopic (exact) mass is 260 g/mol. The van der Waals surface area contributed by atoms with E-state index in [2.05, 4.69) is 0 Å². The van der Waals surface area contributed by atoms with E-state index in [4.69, 9.17) is 13.9 Å². The Morgan fingerprint density at radius 1 is 1.11 bits per heavy atom. The van der Waals surface area contributed by atoms with Crippen molar-refractivity contribution in [3.8, 4) is 11.5 Å². The Hall–Kier alpha value is -2.23. The number of ketones is 1. The number of hydrogen-bond donors (Lipinski definition) is 0. The highest BCUT2D eigenvalue weighted by Crippen LogP contribution is 2.28. The number of furan rings is 1. The van der Waals surface area contributed by atoms with Crippen molar-refractivity contribution in [3.63, 3.8) is 0 Å². The van der Waals surface area contributed by atoms with Crippen LogP contribution in [0.5, 0.6) is 11.5 Å². The van der Waals surface area contributed by atoms with Gasteiger partial charge in [0.05, 0.1) is 14.2 Å². The largest absolute Gasteiger partial charge is 0.493 e. The van der Waals surface area contributed by atoms with Crippen molar-refractivity contribution >= 4 is 5.78 Å². The van der Waals surface area contributed by atoms with E-state index in [1.165, 1.54) is 7.11 Å². The summed E-state index contributed by atoms with van der Waals surface area (Å²) in [5, 5.41) is 0. The molecule has 1 aromatic heterocycles. The summed E-state index contributed by atoms with van der Waals surface area (Å²) in [5.74, 6) is 2.08. The molecule has 0 saturated carbocycles. The quantitative estimate of drug-likeness (QED) is 0.775. The predicted octanol–water partition coefficient (Wildman–Crippen LogP) is 3.09. The molecule has 0 amide bonds. The first-order valence-corrected chi connectivity index (χ1v) is 6.05. The minimum atomic E-state index is -0.166. The molecular formula is C15H16O4. The number of rotatable bonds is 5. The number of carbonyl (C=O) groups excluding carboxylic acids is 1. The Bertz CT molecular complexity index is 584. The lowest BCUT2D eigenvalue weighted by Gasteiger charge is -2.08. The van der Waals surface area contributed by atoms with E-state index in [1.807, 2.05) is 13.0 Å². The average Bonchev–Trinajstić information content (AvgIpc) is 2.94. The second-order valence-corrected chi connectivity index (χ2v) is 4.02. The molecule has 0 aliphatic carbocycles. The van der Waals surface area contributed by atoms with Crippen molar-refractivity contribution in [1.29, 1.82) is 0 Å². The summed E-state index contributed by atoms with van der Waals surface area (Å²) in [7, 11) is 3.09. The summed E-state index contributed by atoms with van der Waals surface area (Å²) < 4.78 is 15.8. The summed E-state index contributed by atoms with van der Waals surface area (Å²) in [6, 6.07) is 8.55. The van der Waals surface area contributed by atoms with E-state index >= 15 is 0 Å². The molecule has 0 bridgehead atoms. The minimum absolute atomic E-state index is 0.166. The number of ether oxygens (including phenoxy) is 2. The molecule has 0 atom stereocenters. The molecule has 0 fully saturated rings. The summed E-state index contributed by atoms with van der Waals surface area (Å²) in [5.41, 5.74) is 0.509. The van der Waals surface area contributed by atoms with Crippen LogP contribution in [0.2, 0.25) is 0 Å². The highest BCUT2D eigenvalue weighted by atomic mass is 16.5. The lowest BCUT2D eigenvalue weighted by Crippen LogP contribution is -2.01. The lowest BCUT2D eigenvalue weighted by atomic mass is 10.1. The molecule has 1 aromatic carbocycles. The van der Waals surface area contributed by atoms with E-state index < -0.39 is 0 Å². The molecule has 2 aromatic rings. The molecule has 0 N–H and O–H groups in total. The highest BCUT2D eigenvalue weighted by molar-refractivity contribution is 6.07. The van der Waals surface area contributed by atoms with Gasteiger partial charge in [-0.2, -0.15) is 0 Å². The number of hydrogen-bond acceptors (Lipinski definition) is 4. The van der Waals surface area contributed by atoms with Crippen molar-refractivity contribution < 1.29 is 18.7 Å². The summed E-state index contributed by atoms with van der Waals surface area (Å²) in [4.78, 5) is 12.3. The summed E-state index contributed by atoms with van der Waals surface area (Å²) >= 11 is 0. The molecule has 4 heteroatoms. The Morgan fingerprint density at radius 3 is 2.42 bits per heavy atom. The molecule has 0 unspecified atom stereocenters. The van der Waals surface area contributed by atoms with Crippen LogP contribution in [0, 0.1) is 0 Å². The second kappa shape index (κ2) is 5.61. The van der Waals surface area contributed by atoms with Crippen LogP contribution in [0.3, 0.4) is 0 Å². The Balaban J connectivity index is 2.33. The molecular weight excluding hydrogens is 244 g/mol. The Labute approximate surface area is 111 Å². The SMILES string of the molecule is CCc1ccc(C(=O)c2ccc(OC)c(OC)c2)o1. The zero-order chi connectivity index (χ0) is 13.8. The first kappa shape index (κ1) is 13.2. The number of aryl methyl sites for hydroxylation is 1. The van der Waals surface area contributed by atoms with Crippen LogP contribution in [-0.2, 0) is 6.42 Å². The fourth-order valence-corrected chi connectivity index (χ4v) is 1.81. The molecule has 19 heavy (non-hydrogen) atoms. The third kappa shape index (κ3) is 2.62. The maximum absolute atomic E-state index is 12.3. The van der Waals surface area contributed by atoms with Crippen LogP contribution in [0.4, 0.5) is 0 Å². The summed E-state index contributed by atoms with van der Waals surface area (Å²) in [6.07, 6.45) is 0.763. The second-order valence-electron chi connectivity index (χ2n) is 4.02. The van der Waals surface area contributed by atoms with Crippen molar-refractivity contribution in [2.75, 3.05) is 14.2 Å². The first-order chi connectivity index (χ1) is 9.19. The normalized spacial score (nSPS) is 10.3. The molecule has 0 aliphatic heterocycles. The standard InChI is InChI=1S/C15H16O4/c1-4-11-6-8-13(19-11)15(16)10-5-7-12(17-2)14(9-10)18-3/h5-9H,4H2,1-3H3. The van der Waals surface area contributed by atoms with Crippen LogP contribution in [0.1, 0.15) is 28.8 Å². The van der Waals surface area contributed by atoms with Gasteiger partial charge < -0.3 is 13.9 Å². The van der Waals surface area contributed by atoms with E-state index in [0.717, 1.165) is 12.2 Å². The smallest absolute Gasteiger partial charge is 0.228 e. The van der Waals surface area contributed by atoms with Crippen LogP contribution in [-0.4, -0.2) is 20.0 Å². The van der Waals surface area contributed by atoms with Crippen molar-refractivity contribution in [1.82, 2.24) is 0 Å². The highest BCUT2D eigenvalue weighted by Gasteiger charge is 2.15. The Kier molecular flexibility index (Phi) is 3.90. The third-order valence-electron chi connectivity index (χ3n) is 2.88. The number of benzene rings is 1. The van der Waals surface area contributed by atoms with Gasteiger partial charge in [-0.1, -0.05) is 6.92 Å². The van der Waals surface area contributed by atoms with Gasteiger partial charge in [-0.25, -0.2) is 0 Å². The molecule has 0 aliphatic rings. The summed E-state index contributed by atoms with van der Waals surface area (Å²) in [6.45, 7) is 1.98. The van der Waals surface area contributed by atoms with Crippen molar-refractivity contribution in [3.05, 3.63) is 47.4 Å². The van der Waals surface area contributed by atoms with E-state index in [1.54, 1.807) is 31.4 Å². The first-order valence-electron chi connectivity index (χ1n) is 6.05. The topological polar surface area (TPSA) is 48.7 Å². The fourth-order valence-electron chi connectivity index (χ4n) is 1.81. The minimum Gasteiger partial charge on any atom is -0.493 e. The number of carbonyl (C=O) groups is 1. The van der Waals surface area contributed by atoms with Gasteiger partial charge in [0.25, 0.3) is 0 Å². The molecule has 2 rings (SSSR count). The zero-order valence-electron chi connectivity index (χ0n) is 11.2. The Morgan fingerprint density at radius 2 is 1.84 bits per heavy atom. The molecule has 100 valence electrons. The molecule has 4 nitrogen and oxygen atoms in total. The van der Waals surface area contributed by atoms with E-state index in [9.17, 15) is 4.79 Å². The maximum Gasteiger partial charge on any atom is 0.228 e. The van der Waals surface area contributed by atoms with Gasteiger partial charge in [-0.15, -0.1) is 0 Å². The third-order valence-corrected chi connectivity index (χ3v) is 2.88. The van der Waals surface area contributed by atoms with Gasteiger partial charge in [0.15, 0.2) is 17.3 Å². The molecule has 0 spiro atoms. The van der Waals surface area contributed by atoms with Crippen molar-refractivity contribution in [2.24, 2.45) is 0 Å².